The zero-order chi connectivity index (χ0) is 19.7. The van der Waals surface area contributed by atoms with Gasteiger partial charge in [0.1, 0.15) is 5.82 Å². The summed E-state index contributed by atoms with van der Waals surface area (Å²) in [6, 6.07) is 6.11. The minimum Gasteiger partial charge on any atom is -0.339 e. The summed E-state index contributed by atoms with van der Waals surface area (Å²) in [7, 11) is 0. The summed E-state index contributed by atoms with van der Waals surface area (Å²) in [6.45, 7) is 5.25. The normalized spacial score (nSPS) is 18.3. The van der Waals surface area contributed by atoms with E-state index in [9.17, 15) is 9.59 Å². The Hall–Kier alpha value is -2.73. The Labute approximate surface area is 168 Å². The molecule has 0 aliphatic carbocycles. The van der Waals surface area contributed by atoms with Gasteiger partial charge < -0.3 is 10.2 Å². The number of carbonyl (C=O) groups is 2. The molecule has 144 valence electrons. The number of thiophene rings is 1. The number of carbonyl (C=O) groups excluding carboxylic acids is 2. The molecule has 2 aliphatic heterocycles. The molecule has 0 saturated carbocycles. The molecule has 2 amide bonds. The summed E-state index contributed by atoms with van der Waals surface area (Å²) in [5, 5.41) is 4.88. The van der Waals surface area contributed by atoms with Gasteiger partial charge in [-0.25, -0.2) is 4.98 Å². The number of pyridine rings is 1. The molecule has 2 aliphatic rings. The molecule has 2 aromatic heterocycles. The van der Waals surface area contributed by atoms with Gasteiger partial charge in [-0.05, 0) is 61.9 Å². The Bertz CT molecular complexity index is 964. The minimum atomic E-state index is -0.603. The third-order valence-electron chi connectivity index (χ3n) is 5.41. The molecule has 1 fully saturated rings. The number of likely N-dealkylation sites (tertiary alicyclic amines) is 1. The van der Waals surface area contributed by atoms with E-state index in [1.54, 1.807) is 29.7 Å². The zero-order valence-electron chi connectivity index (χ0n) is 16.1. The molecule has 0 radical (unpaired) electrons. The number of anilines is 1. The van der Waals surface area contributed by atoms with Crippen LogP contribution >= 0.6 is 11.3 Å². The number of amides is 2. The van der Waals surface area contributed by atoms with E-state index < -0.39 is 5.41 Å². The molecule has 1 N–H and O–H groups in total. The Kier molecular flexibility index (Phi) is 4.89. The maximum Gasteiger partial charge on any atom is 0.246 e. The van der Waals surface area contributed by atoms with Gasteiger partial charge in [0.25, 0.3) is 0 Å². The Morgan fingerprint density at radius 1 is 1.32 bits per heavy atom. The van der Waals surface area contributed by atoms with Gasteiger partial charge >= 0.3 is 0 Å². The quantitative estimate of drug-likeness (QED) is 0.799. The molecule has 4 rings (SSSR count). The Morgan fingerprint density at radius 3 is 2.82 bits per heavy atom. The average Bonchev–Trinajstić information content (AvgIpc) is 3.27. The maximum absolute atomic E-state index is 12.5. The van der Waals surface area contributed by atoms with Crippen molar-refractivity contribution in [1.82, 2.24) is 9.88 Å². The van der Waals surface area contributed by atoms with Crippen LogP contribution in [0.4, 0.5) is 5.82 Å². The fourth-order valence-corrected chi connectivity index (χ4v) is 4.25. The van der Waals surface area contributed by atoms with Crippen LogP contribution < -0.4 is 5.32 Å². The van der Waals surface area contributed by atoms with Crippen LogP contribution in [0.5, 0.6) is 0 Å². The van der Waals surface area contributed by atoms with E-state index in [2.05, 4.69) is 33.9 Å². The molecule has 6 heteroatoms. The van der Waals surface area contributed by atoms with Gasteiger partial charge in [0.2, 0.25) is 11.8 Å². The molecule has 0 unspecified atom stereocenters. The second-order valence-electron chi connectivity index (χ2n) is 7.72. The number of nitrogens with zero attached hydrogens (tertiary/aromatic N) is 2. The molecular weight excluding hydrogens is 370 g/mol. The summed E-state index contributed by atoms with van der Waals surface area (Å²) >= 11 is 1.74. The van der Waals surface area contributed by atoms with Gasteiger partial charge in [-0.1, -0.05) is 11.6 Å². The molecular formula is C22H23N3O2S. The van der Waals surface area contributed by atoms with Crippen LogP contribution in [0.3, 0.4) is 0 Å². The second-order valence-corrected chi connectivity index (χ2v) is 8.70. The third kappa shape index (κ3) is 3.64. The Morgan fingerprint density at radius 2 is 2.11 bits per heavy atom. The van der Waals surface area contributed by atoms with Crippen molar-refractivity contribution in [2.45, 2.75) is 32.1 Å². The van der Waals surface area contributed by atoms with Gasteiger partial charge in [-0.15, -0.1) is 11.3 Å². The van der Waals surface area contributed by atoms with Gasteiger partial charge in [-0.3, -0.25) is 9.59 Å². The van der Waals surface area contributed by atoms with Crippen molar-refractivity contribution < 1.29 is 9.59 Å². The fraction of sp³-hybridized carbons (Fsp3) is 0.318. The first-order valence-electron chi connectivity index (χ1n) is 9.45. The largest absolute Gasteiger partial charge is 0.339 e. The smallest absolute Gasteiger partial charge is 0.246 e. The number of nitrogens with one attached hydrogen (secondary N) is 1. The van der Waals surface area contributed by atoms with Crippen LogP contribution in [0, 0.1) is 0 Å². The van der Waals surface area contributed by atoms with Crippen LogP contribution in [0.25, 0.3) is 12.2 Å². The van der Waals surface area contributed by atoms with Crippen molar-refractivity contribution in [1.29, 1.82) is 0 Å². The van der Waals surface area contributed by atoms with E-state index in [1.165, 1.54) is 10.5 Å². The van der Waals surface area contributed by atoms with Gasteiger partial charge in [0, 0.05) is 35.8 Å². The van der Waals surface area contributed by atoms with Crippen molar-refractivity contribution in [2.24, 2.45) is 0 Å². The minimum absolute atomic E-state index is 0.0177. The predicted molar refractivity (Wildman–Crippen MR) is 113 cm³/mol. The summed E-state index contributed by atoms with van der Waals surface area (Å²) in [6.07, 6.45) is 9.15. The summed E-state index contributed by atoms with van der Waals surface area (Å²) in [5.41, 5.74) is 2.49. The molecule has 0 atom stereocenters. The van der Waals surface area contributed by atoms with Crippen LogP contribution in [0.15, 0.2) is 41.4 Å². The number of piperidine rings is 1. The van der Waals surface area contributed by atoms with Crippen molar-refractivity contribution in [3.8, 4) is 0 Å². The summed E-state index contributed by atoms with van der Waals surface area (Å²) in [4.78, 5) is 32.1. The predicted octanol–water partition coefficient (Wildman–Crippen LogP) is 4.09. The lowest BCUT2D eigenvalue weighted by molar-refractivity contribution is -0.126. The van der Waals surface area contributed by atoms with Crippen LogP contribution in [0.1, 0.15) is 42.7 Å². The molecule has 28 heavy (non-hydrogen) atoms. The molecule has 0 spiro atoms. The topological polar surface area (TPSA) is 62.3 Å². The highest BCUT2D eigenvalue weighted by atomic mass is 32.1. The fourth-order valence-electron chi connectivity index (χ4n) is 3.54. The third-order valence-corrected chi connectivity index (χ3v) is 6.23. The summed E-state index contributed by atoms with van der Waals surface area (Å²) < 4.78 is 0. The first kappa shape index (κ1) is 18.6. The molecule has 1 saturated heterocycles. The van der Waals surface area contributed by atoms with Crippen LogP contribution in [-0.4, -0.2) is 34.8 Å². The molecule has 4 heterocycles. The van der Waals surface area contributed by atoms with Crippen molar-refractivity contribution in [2.75, 3.05) is 18.4 Å². The van der Waals surface area contributed by atoms with Crippen molar-refractivity contribution >= 4 is 41.1 Å². The van der Waals surface area contributed by atoms with Crippen LogP contribution in [-0.2, 0) is 15.0 Å². The molecule has 2 aromatic rings. The first-order chi connectivity index (χ1) is 13.4. The maximum atomic E-state index is 12.5. The number of rotatable bonds is 3. The lowest BCUT2D eigenvalue weighted by atomic mass is 9.86. The SMILES string of the molecule is CC1(C)C(=O)Nc2ncc(/C=C/C(=O)N3CCC(=Cc4cccs4)CC3)cc21. The van der Waals surface area contributed by atoms with Crippen molar-refractivity contribution in [3.05, 3.63) is 57.4 Å². The van der Waals surface area contributed by atoms with E-state index in [4.69, 9.17) is 0 Å². The zero-order valence-corrected chi connectivity index (χ0v) is 16.9. The number of hydrogen-bond donors (Lipinski definition) is 1. The Balaban J connectivity index is 1.39. The highest BCUT2D eigenvalue weighted by Gasteiger charge is 2.39. The number of fused-ring (bicyclic) bond motifs is 1. The van der Waals surface area contributed by atoms with Crippen LogP contribution in [0.2, 0.25) is 0 Å². The van der Waals surface area contributed by atoms with E-state index in [1.807, 2.05) is 24.8 Å². The van der Waals surface area contributed by atoms with E-state index in [-0.39, 0.29) is 11.8 Å². The van der Waals surface area contributed by atoms with E-state index in [0.29, 0.717) is 5.82 Å². The van der Waals surface area contributed by atoms with Crippen molar-refractivity contribution in [3.63, 3.8) is 0 Å². The summed E-state index contributed by atoms with van der Waals surface area (Å²) in [5.74, 6) is 0.579. The number of aromatic nitrogens is 1. The molecule has 0 bridgehead atoms. The standard InChI is InChI=1S/C22H23N3O2S/c1-22(2)18-13-16(14-23-20(18)24-21(22)27)5-6-19(26)25-9-7-15(8-10-25)12-17-4-3-11-28-17/h3-6,11-14H,7-10H2,1-2H3,(H,23,24,27)/b6-5+. The van der Waals surface area contributed by atoms with E-state index >= 15 is 0 Å². The monoisotopic (exact) mass is 393 g/mol. The second kappa shape index (κ2) is 7.36. The number of hydrogen-bond acceptors (Lipinski definition) is 4. The average molecular weight is 394 g/mol. The lowest BCUT2D eigenvalue weighted by Gasteiger charge is -2.27. The molecule has 0 aromatic carbocycles. The lowest BCUT2D eigenvalue weighted by Crippen LogP contribution is -2.35. The van der Waals surface area contributed by atoms with Gasteiger partial charge in [0.05, 0.1) is 5.41 Å². The first-order valence-corrected chi connectivity index (χ1v) is 10.3. The highest BCUT2D eigenvalue weighted by Crippen LogP contribution is 2.36. The highest BCUT2D eigenvalue weighted by molar-refractivity contribution is 7.10. The van der Waals surface area contributed by atoms with Gasteiger partial charge in [-0.2, -0.15) is 0 Å². The van der Waals surface area contributed by atoms with Gasteiger partial charge in [0.15, 0.2) is 0 Å². The molecule has 5 nitrogen and oxygen atoms in total. The van der Waals surface area contributed by atoms with E-state index in [0.717, 1.165) is 37.1 Å².